The van der Waals surface area contributed by atoms with Crippen LogP contribution in [-0.4, -0.2) is 36.3 Å². The van der Waals surface area contributed by atoms with Crippen molar-refractivity contribution in [1.29, 1.82) is 0 Å². The van der Waals surface area contributed by atoms with Gasteiger partial charge in [-0.05, 0) is 20.4 Å². The van der Waals surface area contributed by atoms with Gasteiger partial charge in [-0.2, -0.15) is 0 Å². The summed E-state index contributed by atoms with van der Waals surface area (Å²) in [7, 11) is 1.64. The fraction of sp³-hybridized carbons (Fsp3) is 0.875. The molecular weight excluding hydrogens is 277 g/mol. The van der Waals surface area contributed by atoms with Crippen LogP contribution in [0.1, 0.15) is 71.6 Å². The van der Waals surface area contributed by atoms with Crippen molar-refractivity contribution >= 4 is 11.8 Å². The Bertz CT molecular complexity index is 285. The SMILES string of the molecule is CCCCCCCCCCC(=O)CN(C)C(C)C(=O)[O-].[Na+]. The second-order valence-electron chi connectivity index (χ2n) is 5.67. The van der Waals surface area contributed by atoms with Gasteiger partial charge in [0.2, 0.25) is 0 Å². The number of hydrogen-bond donors (Lipinski definition) is 0. The number of likely N-dealkylation sites (N-methyl/N-ethyl adjacent to an activating group) is 1. The van der Waals surface area contributed by atoms with E-state index >= 15 is 0 Å². The first-order valence-corrected chi connectivity index (χ1v) is 7.91. The first-order chi connectivity index (χ1) is 9.49. The van der Waals surface area contributed by atoms with E-state index < -0.39 is 12.0 Å². The van der Waals surface area contributed by atoms with Crippen molar-refractivity contribution < 1.29 is 44.3 Å². The van der Waals surface area contributed by atoms with Gasteiger partial charge in [-0.1, -0.05) is 51.9 Å². The molecule has 0 heterocycles. The summed E-state index contributed by atoms with van der Waals surface area (Å²) in [5.41, 5.74) is 0. The van der Waals surface area contributed by atoms with Crippen LogP contribution in [0.5, 0.6) is 0 Å². The maximum Gasteiger partial charge on any atom is 1.00 e. The number of aliphatic carboxylic acids is 1. The molecule has 1 atom stereocenters. The van der Waals surface area contributed by atoms with Crippen LogP contribution in [0.2, 0.25) is 0 Å². The van der Waals surface area contributed by atoms with Gasteiger partial charge in [0.05, 0.1) is 12.5 Å². The summed E-state index contributed by atoms with van der Waals surface area (Å²) in [6, 6.07) is -0.711. The van der Waals surface area contributed by atoms with Crippen molar-refractivity contribution in [2.75, 3.05) is 13.6 Å². The third-order valence-electron chi connectivity index (χ3n) is 3.74. The average Bonchev–Trinajstić information content (AvgIpc) is 2.40. The van der Waals surface area contributed by atoms with Gasteiger partial charge in [-0.25, -0.2) is 0 Å². The van der Waals surface area contributed by atoms with Crippen molar-refractivity contribution in [2.45, 2.75) is 77.7 Å². The third kappa shape index (κ3) is 13.5. The van der Waals surface area contributed by atoms with Crippen LogP contribution in [0, 0.1) is 0 Å². The summed E-state index contributed by atoms with van der Waals surface area (Å²) in [6.45, 7) is 3.95. The van der Waals surface area contributed by atoms with Crippen molar-refractivity contribution in [3.05, 3.63) is 0 Å². The average molecular weight is 307 g/mol. The maximum absolute atomic E-state index is 11.7. The predicted octanol–water partition coefficient (Wildman–Crippen LogP) is -0.839. The third-order valence-corrected chi connectivity index (χ3v) is 3.74. The second-order valence-corrected chi connectivity index (χ2v) is 5.67. The zero-order valence-electron chi connectivity index (χ0n) is 14.3. The van der Waals surface area contributed by atoms with Gasteiger partial charge in [-0.15, -0.1) is 0 Å². The van der Waals surface area contributed by atoms with Crippen molar-refractivity contribution in [3.63, 3.8) is 0 Å². The van der Waals surface area contributed by atoms with E-state index in [1.54, 1.807) is 14.0 Å². The summed E-state index contributed by atoms with van der Waals surface area (Å²) in [6.07, 6.45) is 10.2. The Kier molecular flexibility index (Phi) is 16.7. The summed E-state index contributed by atoms with van der Waals surface area (Å²) in [4.78, 5) is 23.9. The van der Waals surface area contributed by atoms with Gasteiger partial charge in [0.15, 0.2) is 0 Å². The molecule has 4 nitrogen and oxygen atoms in total. The maximum atomic E-state index is 11.7. The Morgan fingerprint density at radius 1 is 1.00 bits per heavy atom. The standard InChI is InChI=1S/C16H31NO3.Na/c1-4-5-6-7-8-9-10-11-12-15(18)13-17(3)14(2)16(19)20;/h14H,4-13H2,1-3H3,(H,19,20);/q;+1/p-1. The van der Waals surface area contributed by atoms with Crippen LogP contribution in [-0.2, 0) is 9.59 Å². The number of carboxylic acids is 1. The van der Waals surface area contributed by atoms with Crippen molar-refractivity contribution in [3.8, 4) is 0 Å². The molecule has 0 amide bonds. The largest absolute Gasteiger partial charge is 1.00 e. The number of Topliss-reactive ketones (excluding diaryl/α,β-unsaturated/α-hetero) is 1. The fourth-order valence-corrected chi connectivity index (χ4v) is 2.13. The molecular formula is C16H30NNaO3. The minimum Gasteiger partial charge on any atom is -0.548 e. The Morgan fingerprint density at radius 2 is 1.48 bits per heavy atom. The van der Waals surface area contributed by atoms with E-state index in [9.17, 15) is 14.7 Å². The Balaban J connectivity index is 0. The minimum absolute atomic E-state index is 0. The molecule has 0 aliphatic rings. The molecule has 0 aromatic carbocycles. The van der Waals surface area contributed by atoms with Crippen LogP contribution >= 0.6 is 0 Å². The van der Waals surface area contributed by atoms with Crippen LogP contribution < -0.4 is 34.7 Å². The van der Waals surface area contributed by atoms with Crippen LogP contribution in [0.15, 0.2) is 0 Å². The van der Waals surface area contributed by atoms with E-state index in [0.717, 1.165) is 12.8 Å². The molecule has 0 saturated heterocycles. The first kappa shape index (κ1) is 23.4. The van der Waals surface area contributed by atoms with E-state index in [2.05, 4.69) is 6.92 Å². The zero-order chi connectivity index (χ0) is 15.4. The number of unbranched alkanes of at least 4 members (excludes halogenated alkanes) is 7. The van der Waals surface area contributed by atoms with Gasteiger partial charge < -0.3 is 9.90 Å². The van der Waals surface area contributed by atoms with Gasteiger partial charge in [0.1, 0.15) is 5.78 Å². The molecule has 0 spiro atoms. The number of carbonyl (C=O) groups excluding carboxylic acids is 2. The molecule has 0 aliphatic heterocycles. The summed E-state index contributed by atoms with van der Waals surface area (Å²) < 4.78 is 0. The van der Waals surface area contributed by atoms with E-state index in [1.165, 1.54) is 43.4 Å². The van der Waals surface area contributed by atoms with Crippen molar-refractivity contribution in [2.24, 2.45) is 0 Å². The van der Waals surface area contributed by atoms with Gasteiger partial charge >= 0.3 is 29.6 Å². The quantitative estimate of drug-likeness (QED) is 0.329. The molecule has 0 radical (unpaired) electrons. The molecule has 5 heteroatoms. The normalized spacial score (nSPS) is 12.0. The van der Waals surface area contributed by atoms with E-state index in [0.29, 0.717) is 6.42 Å². The molecule has 118 valence electrons. The molecule has 0 aliphatic carbocycles. The monoisotopic (exact) mass is 307 g/mol. The Morgan fingerprint density at radius 3 is 1.95 bits per heavy atom. The Labute approximate surface area is 152 Å². The first-order valence-electron chi connectivity index (χ1n) is 7.91. The Hall–Kier alpha value is 0.100. The van der Waals surface area contributed by atoms with E-state index in [4.69, 9.17) is 0 Å². The molecule has 21 heavy (non-hydrogen) atoms. The summed E-state index contributed by atoms with van der Waals surface area (Å²) >= 11 is 0. The molecule has 1 unspecified atom stereocenters. The summed E-state index contributed by atoms with van der Waals surface area (Å²) in [5, 5.41) is 10.7. The molecule has 0 aromatic heterocycles. The van der Waals surface area contributed by atoms with E-state index in [1.807, 2.05) is 0 Å². The fourth-order valence-electron chi connectivity index (χ4n) is 2.13. The van der Waals surface area contributed by atoms with Crippen LogP contribution in [0.25, 0.3) is 0 Å². The van der Waals surface area contributed by atoms with Crippen LogP contribution in [0.4, 0.5) is 0 Å². The molecule has 0 saturated carbocycles. The predicted molar refractivity (Wildman–Crippen MR) is 79.3 cm³/mol. The number of hydrogen-bond acceptors (Lipinski definition) is 4. The number of nitrogens with zero attached hydrogens (tertiary/aromatic N) is 1. The van der Waals surface area contributed by atoms with Gasteiger partial charge in [0.25, 0.3) is 0 Å². The summed E-state index contributed by atoms with van der Waals surface area (Å²) in [5.74, 6) is -1.01. The van der Waals surface area contributed by atoms with Gasteiger partial charge in [-0.3, -0.25) is 9.69 Å². The molecule has 0 fully saturated rings. The van der Waals surface area contributed by atoms with Crippen LogP contribution in [0.3, 0.4) is 0 Å². The topological polar surface area (TPSA) is 60.4 Å². The van der Waals surface area contributed by atoms with E-state index in [-0.39, 0.29) is 41.9 Å². The number of carboxylic acid groups (broad SMARTS) is 1. The molecule has 0 N–H and O–H groups in total. The second kappa shape index (κ2) is 15.0. The number of ketones is 1. The molecule has 0 rings (SSSR count). The molecule has 0 bridgehead atoms. The molecule has 0 aromatic rings. The van der Waals surface area contributed by atoms with Gasteiger partial charge in [0, 0.05) is 12.5 Å². The smallest absolute Gasteiger partial charge is 0.548 e. The number of rotatable bonds is 13. The van der Waals surface area contributed by atoms with Crippen molar-refractivity contribution in [1.82, 2.24) is 4.90 Å². The number of carbonyl (C=O) groups is 2. The zero-order valence-corrected chi connectivity index (χ0v) is 16.3. The minimum atomic E-state index is -1.13.